The zero-order valence-corrected chi connectivity index (χ0v) is 25.3. The number of benzene rings is 3. The Labute approximate surface area is 255 Å². The van der Waals surface area contributed by atoms with Gasteiger partial charge in [0.25, 0.3) is 0 Å². The maximum Gasteiger partial charge on any atom is 0.200 e. The Bertz CT molecular complexity index is 1440. The first-order valence-corrected chi connectivity index (χ1v) is 15.8. The molecule has 0 spiro atoms. The standard InChI is InChI=1S/C36H40F6O2/c1-3-4-19-43-30-18-17-27(33(39)36(30)42)24-8-6-22(7-9-24)23-10-13-26(14-11-23)44-20-25-12-16-29(35(41)32(25)38)28-15-5-21(2)31(37)34(28)40/h5,12,15-18,22-24,26H,3-4,6-11,13-14,19-20H2,1-2H3. The molecule has 0 radical (unpaired) electrons. The third kappa shape index (κ3) is 6.95. The molecule has 2 nitrogen and oxygen atoms in total. The van der Waals surface area contributed by atoms with E-state index < -0.39 is 34.9 Å². The smallest absolute Gasteiger partial charge is 0.200 e. The van der Waals surface area contributed by atoms with Crippen molar-refractivity contribution in [1.82, 2.24) is 0 Å². The van der Waals surface area contributed by atoms with Crippen LogP contribution in [0.3, 0.4) is 0 Å². The predicted octanol–water partition coefficient (Wildman–Crippen LogP) is 10.7. The molecule has 0 aromatic heterocycles. The fourth-order valence-corrected chi connectivity index (χ4v) is 6.90. The van der Waals surface area contributed by atoms with E-state index >= 15 is 0 Å². The first kappa shape index (κ1) is 32.4. The van der Waals surface area contributed by atoms with Crippen LogP contribution in [0.4, 0.5) is 26.3 Å². The van der Waals surface area contributed by atoms with E-state index in [0.717, 1.165) is 64.2 Å². The van der Waals surface area contributed by atoms with Gasteiger partial charge in [0.05, 0.1) is 19.3 Å². The zero-order valence-electron chi connectivity index (χ0n) is 25.3. The van der Waals surface area contributed by atoms with Crippen LogP contribution in [0.15, 0.2) is 36.4 Å². The van der Waals surface area contributed by atoms with Gasteiger partial charge in [0.15, 0.2) is 34.8 Å². The number of aryl methyl sites for hydroxylation is 1. The molecule has 2 fully saturated rings. The third-order valence-corrected chi connectivity index (χ3v) is 9.63. The lowest BCUT2D eigenvalue weighted by molar-refractivity contribution is -0.00322. The Hall–Kier alpha value is -3.00. The third-order valence-electron chi connectivity index (χ3n) is 9.63. The average Bonchev–Trinajstić information content (AvgIpc) is 3.04. The van der Waals surface area contributed by atoms with Gasteiger partial charge in [-0.1, -0.05) is 43.7 Å². The van der Waals surface area contributed by atoms with E-state index in [9.17, 15) is 26.3 Å². The van der Waals surface area contributed by atoms with E-state index in [1.807, 2.05) is 6.92 Å². The van der Waals surface area contributed by atoms with E-state index in [2.05, 4.69) is 0 Å². The van der Waals surface area contributed by atoms with Crippen LogP contribution in [0.2, 0.25) is 0 Å². The quantitative estimate of drug-likeness (QED) is 0.166. The van der Waals surface area contributed by atoms with Gasteiger partial charge in [0.2, 0.25) is 5.82 Å². The fraction of sp³-hybridized carbons (Fsp3) is 0.500. The topological polar surface area (TPSA) is 18.5 Å². The molecule has 2 aliphatic carbocycles. The number of ether oxygens (including phenoxy) is 2. The first-order valence-electron chi connectivity index (χ1n) is 15.8. The summed E-state index contributed by atoms with van der Waals surface area (Å²) >= 11 is 0. The molecule has 44 heavy (non-hydrogen) atoms. The van der Waals surface area contributed by atoms with Crippen molar-refractivity contribution in [3.05, 3.63) is 88.0 Å². The molecule has 0 heterocycles. The Balaban J connectivity index is 1.10. The molecular formula is C36H40F6O2. The monoisotopic (exact) mass is 618 g/mol. The van der Waals surface area contributed by atoms with Crippen molar-refractivity contribution in [3.63, 3.8) is 0 Å². The van der Waals surface area contributed by atoms with Crippen molar-refractivity contribution in [2.24, 2.45) is 11.8 Å². The van der Waals surface area contributed by atoms with Gasteiger partial charge in [-0.25, -0.2) is 22.0 Å². The van der Waals surface area contributed by atoms with Crippen LogP contribution in [0.1, 0.15) is 93.7 Å². The van der Waals surface area contributed by atoms with Gasteiger partial charge in [-0.3, -0.25) is 0 Å². The highest BCUT2D eigenvalue weighted by Crippen LogP contribution is 2.44. The predicted molar refractivity (Wildman–Crippen MR) is 158 cm³/mol. The van der Waals surface area contributed by atoms with Crippen LogP contribution in [-0.2, 0) is 11.3 Å². The molecule has 0 amide bonds. The second kappa shape index (κ2) is 14.4. The molecule has 8 heteroatoms. The maximum absolute atomic E-state index is 14.9. The average molecular weight is 619 g/mol. The molecule has 5 rings (SSSR count). The van der Waals surface area contributed by atoms with Crippen molar-refractivity contribution < 1.29 is 35.8 Å². The van der Waals surface area contributed by atoms with Gasteiger partial charge in [-0.05, 0) is 99.7 Å². The van der Waals surface area contributed by atoms with Gasteiger partial charge in [0, 0.05) is 16.7 Å². The van der Waals surface area contributed by atoms with Crippen LogP contribution < -0.4 is 4.74 Å². The minimum absolute atomic E-state index is 0.00619. The van der Waals surface area contributed by atoms with Crippen molar-refractivity contribution in [3.8, 4) is 16.9 Å². The summed E-state index contributed by atoms with van der Waals surface area (Å²) in [6, 6.07) is 8.41. The summed E-state index contributed by atoms with van der Waals surface area (Å²) in [5.41, 5.74) is -0.106. The zero-order chi connectivity index (χ0) is 31.4. The summed E-state index contributed by atoms with van der Waals surface area (Å²) in [6.07, 6.45) is 8.69. The minimum Gasteiger partial charge on any atom is -0.490 e. The first-order chi connectivity index (χ1) is 21.2. The van der Waals surface area contributed by atoms with Crippen LogP contribution in [0.5, 0.6) is 5.75 Å². The summed E-state index contributed by atoms with van der Waals surface area (Å²) in [7, 11) is 0. The second-order valence-corrected chi connectivity index (χ2v) is 12.4. The van der Waals surface area contributed by atoms with Crippen LogP contribution in [-0.4, -0.2) is 12.7 Å². The molecule has 0 unspecified atom stereocenters. The van der Waals surface area contributed by atoms with Gasteiger partial charge >= 0.3 is 0 Å². The molecular weight excluding hydrogens is 578 g/mol. The summed E-state index contributed by atoms with van der Waals surface area (Å²) in [6.45, 7) is 3.66. The van der Waals surface area contributed by atoms with Crippen LogP contribution >= 0.6 is 0 Å². The molecule has 3 aromatic carbocycles. The summed E-state index contributed by atoms with van der Waals surface area (Å²) < 4.78 is 99.0. The van der Waals surface area contributed by atoms with Crippen molar-refractivity contribution in [1.29, 1.82) is 0 Å². The molecule has 0 atom stereocenters. The minimum atomic E-state index is -1.23. The molecule has 0 saturated heterocycles. The summed E-state index contributed by atoms with van der Waals surface area (Å²) in [4.78, 5) is 0. The number of rotatable bonds is 10. The largest absolute Gasteiger partial charge is 0.490 e. The number of unbranched alkanes of at least 4 members (excludes halogenated alkanes) is 1. The number of hydrogen-bond donors (Lipinski definition) is 0. The van der Waals surface area contributed by atoms with Crippen LogP contribution in [0.25, 0.3) is 11.1 Å². The van der Waals surface area contributed by atoms with Crippen molar-refractivity contribution in [2.75, 3.05) is 6.61 Å². The molecule has 0 aliphatic heterocycles. The van der Waals surface area contributed by atoms with Crippen molar-refractivity contribution >= 4 is 0 Å². The Morgan fingerprint density at radius 3 is 1.91 bits per heavy atom. The normalized spacial score (nSPS) is 22.3. The van der Waals surface area contributed by atoms with Gasteiger partial charge in [-0.2, -0.15) is 4.39 Å². The molecule has 0 N–H and O–H groups in total. The van der Waals surface area contributed by atoms with Crippen LogP contribution in [0, 0.1) is 53.7 Å². The van der Waals surface area contributed by atoms with E-state index in [4.69, 9.17) is 9.47 Å². The maximum atomic E-state index is 14.9. The van der Waals surface area contributed by atoms with E-state index in [1.165, 1.54) is 31.2 Å². The number of halogens is 6. The molecule has 3 aromatic rings. The SMILES string of the molecule is CCCCOc1ccc(C2CCC(C3CCC(OCc4ccc(-c5ccc(C)c(F)c5F)c(F)c4F)CC3)CC2)c(F)c1F. The highest BCUT2D eigenvalue weighted by atomic mass is 19.2. The number of hydrogen-bond acceptors (Lipinski definition) is 2. The fourth-order valence-electron chi connectivity index (χ4n) is 6.90. The van der Waals surface area contributed by atoms with Gasteiger partial charge in [0.1, 0.15) is 0 Å². The summed E-state index contributed by atoms with van der Waals surface area (Å²) in [5.74, 6) is -5.32. The lowest BCUT2D eigenvalue weighted by Crippen LogP contribution is -2.28. The Morgan fingerprint density at radius 1 is 0.636 bits per heavy atom. The van der Waals surface area contributed by atoms with Crippen molar-refractivity contribution in [2.45, 2.75) is 96.7 Å². The lowest BCUT2D eigenvalue weighted by Gasteiger charge is -2.38. The second-order valence-electron chi connectivity index (χ2n) is 12.4. The molecule has 0 bridgehead atoms. The van der Waals surface area contributed by atoms with Gasteiger partial charge < -0.3 is 9.47 Å². The van der Waals surface area contributed by atoms with Gasteiger partial charge in [-0.15, -0.1) is 0 Å². The Morgan fingerprint density at radius 2 is 1.25 bits per heavy atom. The van der Waals surface area contributed by atoms with E-state index in [1.54, 1.807) is 12.1 Å². The Kier molecular flexibility index (Phi) is 10.6. The molecule has 2 saturated carbocycles. The summed E-state index contributed by atoms with van der Waals surface area (Å²) in [5, 5.41) is 0. The molecule has 2 aliphatic rings. The molecule has 238 valence electrons. The highest BCUT2D eigenvalue weighted by molar-refractivity contribution is 5.66. The van der Waals surface area contributed by atoms with E-state index in [-0.39, 0.29) is 46.6 Å². The highest BCUT2D eigenvalue weighted by Gasteiger charge is 2.33. The van der Waals surface area contributed by atoms with E-state index in [0.29, 0.717) is 24.0 Å². The lowest BCUT2D eigenvalue weighted by atomic mass is 9.69.